The highest BCUT2D eigenvalue weighted by molar-refractivity contribution is 6.30. The molecule has 2 atom stereocenters. The minimum Gasteiger partial charge on any atom is -0.352 e. The first kappa shape index (κ1) is 13.4. The second kappa shape index (κ2) is 5.72. The van der Waals surface area contributed by atoms with E-state index < -0.39 is 0 Å². The zero-order valence-corrected chi connectivity index (χ0v) is 11.5. The van der Waals surface area contributed by atoms with Crippen LogP contribution in [-0.2, 0) is 4.79 Å². The summed E-state index contributed by atoms with van der Waals surface area (Å²) in [5, 5.41) is 7.00. The van der Waals surface area contributed by atoms with Crippen molar-refractivity contribution < 1.29 is 4.79 Å². The third-order valence-corrected chi connectivity index (χ3v) is 3.40. The number of nitrogens with one attached hydrogen (secondary N) is 2. The summed E-state index contributed by atoms with van der Waals surface area (Å²) in [7, 11) is 0. The molecule has 1 aliphatic carbocycles. The first-order valence-electron chi connectivity index (χ1n) is 6.38. The van der Waals surface area contributed by atoms with Crippen molar-refractivity contribution in [1.29, 1.82) is 0 Å². The topological polar surface area (TPSA) is 41.1 Å². The summed E-state index contributed by atoms with van der Waals surface area (Å²) in [6.45, 7) is 3.92. The van der Waals surface area contributed by atoms with Gasteiger partial charge >= 0.3 is 0 Å². The van der Waals surface area contributed by atoms with E-state index >= 15 is 0 Å². The Hall–Kier alpha value is -1.06. The van der Waals surface area contributed by atoms with E-state index in [0.717, 1.165) is 23.4 Å². The first-order chi connectivity index (χ1) is 8.56. The number of hydrogen-bond donors (Lipinski definition) is 2. The Morgan fingerprint density at radius 1 is 1.39 bits per heavy atom. The van der Waals surface area contributed by atoms with Crippen molar-refractivity contribution in [3.05, 3.63) is 34.9 Å². The van der Waals surface area contributed by atoms with Gasteiger partial charge in [-0.15, -0.1) is 0 Å². The fraction of sp³-hybridized carbons (Fsp3) is 0.500. The lowest BCUT2D eigenvalue weighted by Crippen LogP contribution is -2.43. The maximum absolute atomic E-state index is 11.8. The Labute approximate surface area is 113 Å². The zero-order valence-electron chi connectivity index (χ0n) is 10.7. The summed E-state index contributed by atoms with van der Waals surface area (Å²) in [5.41, 5.74) is 1.09. The number of carbonyl (C=O) groups excluding carboxylic acids is 1. The third-order valence-electron chi connectivity index (χ3n) is 3.17. The lowest BCUT2D eigenvalue weighted by atomic mass is 10.1. The normalized spacial score (nSPS) is 18.2. The van der Waals surface area contributed by atoms with Crippen LogP contribution in [0.2, 0.25) is 5.02 Å². The van der Waals surface area contributed by atoms with Gasteiger partial charge in [0, 0.05) is 17.1 Å². The van der Waals surface area contributed by atoms with Gasteiger partial charge in [-0.25, -0.2) is 0 Å². The van der Waals surface area contributed by atoms with Gasteiger partial charge in [-0.1, -0.05) is 23.7 Å². The van der Waals surface area contributed by atoms with Gasteiger partial charge in [0.05, 0.1) is 6.04 Å². The van der Waals surface area contributed by atoms with Crippen LogP contribution < -0.4 is 10.6 Å². The summed E-state index contributed by atoms with van der Waals surface area (Å²) in [6.07, 6.45) is 2.23. The molecule has 0 spiro atoms. The van der Waals surface area contributed by atoms with Crippen LogP contribution >= 0.6 is 11.6 Å². The molecule has 1 amide bonds. The van der Waals surface area contributed by atoms with Gasteiger partial charge in [-0.2, -0.15) is 0 Å². The largest absolute Gasteiger partial charge is 0.352 e. The number of halogens is 1. The van der Waals surface area contributed by atoms with Gasteiger partial charge in [-0.05, 0) is 44.4 Å². The fourth-order valence-corrected chi connectivity index (χ4v) is 2.08. The second-order valence-corrected chi connectivity index (χ2v) is 5.38. The molecule has 1 fully saturated rings. The van der Waals surface area contributed by atoms with Crippen molar-refractivity contribution in [1.82, 2.24) is 10.6 Å². The van der Waals surface area contributed by atoms with Crippen LogP contribution in [0, 0.1) is 0 Å². The summed E-state index contributed by atoms with van der Waals surface area (Å²) in [4.78, 5) is 11.8. The van der Waals surface area contributed by atoms with Crippen LogP contribution in [0.1, 0.15) is 38.3 Å². The highest BCUT2D eigenvalue weighted by Gasteiger charge is 2.26. The van der Waals surface area contributed by atoms with E-state index in [1.54, 1.807) is 0 Å². The molecule has 0 bridgehead atoms. The first-order valence-corrected chi connectivity index (χ1v) is 6.76. The third kappa shape index (κ3) is 3.72. The van der Waals surface area contributed by atoms with Gasteiger partial charge in [0.15, 0.2) is 0 Å². The molecule has 3 nitrogen and oxygen atoms in total. The highest BCUT2D eigenvalue weighted by atomic mass is 35.5. The molecule has 0 saturated heterocycles. The van der Waals surface area contributed by atoms with Crippen molar-refractivity contribution in [2.75, 3.05) is 0 Å². The van der Waals surface area contributed by atoms with Crippen LogP contribution in [0.5, 0.6) is 0 Å². The van der Waals surface area contributed by atoms with Gasteiger partial charge in [0.1, 0.15) is 0 Å². The molecule has 1 saturated carbocycles. The van der Waals surface area contributed by atoms with Crippen molar-refractivity contribution in [2.24, 2.45) is 0 Å². The summed E-state index contributed by atoms with van der Waals surface area (Å²) in [5.74, 6) is 0.0754. The molecule has 98 valence electrons. The Morgan fingerprint density at radius 2 is 2.11 bits per heavy atom. The predicted molar refractivity (Wildman–Crippen MR) is 73.6 cm³/mol. The Kier molecular flexibility index (Phi) is 4.25. The van der Waals surface area contributed by atoms with E-state index in [4.69, 9.17) is 11.6 Å². The Morgan fingerprint density at radius 3 is 2.72 bits per heavy atom. The molecule has 18 heavy (non-hydrogen) atoms. The van der Waals surface area contributed by atoms with Crippen LogP contribution in [0.3, 0.4) is 0 Å². The van der Waals surface area contributed by atoms with E-state index in [-0.39, 0.29) is 18.0 Å². The SMILES string of the molecule is C[C@H](N[C@H](C)c1cccc(Cl)c1)C(=O)NC1CC1. The standard InChI is InChI=1S/C14H19ClN2O/c1-9(11-4-3-5-12(15)8-11)16-10(2)14(18)17-13-6-7-13/h3-5,8-10,13,16H,6-7H2,1-2H3,(H,17,18)/t9-,10+/m1/s1. The van der Waals surface area contributed by atoms with E-state index in [9.17, 15) is 4.79 Å². The number of benzene rings is 1. The van der Waals surface area contributed by atoms with Crippen LogP contribution in [0.15, 0.2) is 24.3 Å². The van der Waals surface area contributed by atoms with E-state index in [1.165, 1.54) is 0 Å². The van der Waals surface area contributed by atoms with Crippen molar-refractivity contribution in [2.45, 2.75) is 44.8 Å². The summed E-state index contributed by atoms with van der Waals surface area (Å²) in [6, 6.07) is 8.01. The molecule has 2 N–H and O–H groups in total. The minimum absolute atomic E-state index is 0.0754. The quantitative estimate of drug-likeness (QED) is 0.860. The maximum atomic E-state index is 11.8. The molecule has 1 aromatic carbocycles. The van der Waals surface area contributed by atoms with Crippen LogP contribution in [-0.4, -0.2) is 18.0 Å². The van der Waals surface area contributed by atoms with Gasteiger partial charge in [0.25, 0.3) is 0 Å². The molecule has 0 aliphatic heterocycles. The molecule has 1 aliphatic rings. The number of amides is 1. The van der Waals surface area contributed by atoms with Crippen molar-refractivity contribution in [3.63, 3.8) is 0 Å². The van der Waals surface area contributed by atoms with Gasteiger partial charge in [-0.3, -0.25) is 10.1 Å². The van der Waals surface area contributed by atoms with E-state index in [1.807, 2.05) is 38.1 Å². The van der Waals surface area contributed by atoms with Crippen LogP contribution in [0.25, 0.3) is 0 Å². The van der Waals surface area contributed by atoms with E-state index in [0.29, 0.717) is 6.04 Å². The molecule has 0 unspecified atom stereocenters. The molecule has 0 radical (unpaired) electrons. The molecular formula is C14H19ClN2O. The molecule has 0 heterocycles. The lowest BCUT2D eigenvalue weighted by molar-refractivity contribution is -0.123. The zero-order chi connectivity index (χ0) is 13.1. The van der Waals surface area contributed by atoms with Gasteiger partial charge < -0.3 is 5.32 Å². The van der Waals surface area contributed by atoms with E-state index in [2.05, 4.69) is 10.6 Å². The maximum Gasteiger partial charge on any atom is 0.237 e. The average molecular weight is 267 g/mol. The van der Waals surface area contributed by atoms with Crippen LogP contribution in [0.4, 0.5) is 0 Å². The molecule has 2 rings (SSSR count). The Balaban J connectivity index is 1.89. The molecule has 0 aromatic heterocycles. The van der Waals surface area contributed by atoms with Gasteiger partial charge in [0.2, 0.25) is 5.91 Å². The lowest BCUT2D eigenvalue weighted by Gasteiger charge is -2.20. The number of carbonyl (C=O) groups is 1. The fourth-order valence-electron chi connectivity index (χ4n) is 1.88. The smallest absolute Gasteiger partial charge is 0.237 e. The average Bonchev–Trinajstić information content (AvgIpc) is 3.12. The highest BCUT2D eigenvalue weighted by Crippen LogP contribution is 2.20. The molecule has 1 aromatic rings. The number of hydrogen-bond acceptors (Lipinski definition) is 2. The summed E-state index contributed by atoms with van der Waals surface area (Å²) < 4.78 is 0. The second-order valence-electron chi connectivity index (χ2n) is 4.95. The minimum atomic E-state index is -0.195. The Bertz CT molecular complexity index is 432. The molecule has 4 heteroatoms. The van der Waals surface area contributed by atoms with Crippen molar-refractivity contribution in [3.8, 4) is 0 Å². The predicted octanol–water partition coefficient (Wildman–Crippen LogP) is 2.66. The molecular weight excluding hydrogens is 248 g/mol. The number of rotatable bonds is 5. The van der Waals surface area contributed by atoms with Crippen molar-refractivity contribution >= 4 is 17.5 Å². The monoisotopic (exact) mass is 266 g/mol. The summed E-state index contributed by atoms with van der Waals surface area (Å²) >= 11 is 5.96.